The summed E-state index contributed by atoms with van der Waals surface area (Å²) in [6.07, 6.45) is 2.76. The summed E-state index contributed by atoms with van der Waals surface area (Å²) in [7, 11) is 1.39. The molecule has 0 unspecified atom stereocenters. The Labute approximate surface area is 122 Å². The summed E-state index contributed by atoms with van der Waals surface area (Å²) in [5.41, 5.74) is 1.90. The molecule has 5 nitrogen and oxygen atoms in total. The van der Waals surface area contributed by atoms with Gasteiger partial charge in [0, 0.05) is 22.8 Å². The van der Waals surface area contributed by atoms with Gasteiger partial charge in [-0.3, -0.25) is 0 Å². The number of allylic oxidation sites excluding steroid dienone is 3. The highest BCUT2D eigenvalue weighted by Crippen LogP contribution is 2.69. The van der Waals surface area contributed by atoms with Crippen LogP contribution in [0.1, 0.15) is 20.3 Å². The van der Waals surface area contributed by atoms with Crippen LogP contribution in [0.3, 0.4) is 0 Å². The number of rotatable bonds is 1. The predicted octanol–water partition coefficient (Wildman–Crippen LogP) is 1.38. The molecule has 21 heavy (non-hydrogen) atoms. The van der Waals surface area contributed by atoms with Crippen molar-refractivity contribution in [2.75, 3.05) is 20.3 Å². The monoisotopic (exact) mass is 290 g/mol. The summed E-state index contributed by atoms with van der Waals surface area (Å²) < 4.78 is 15.9. The fraction of sp³-hybridized carbons (Fsp3) is 0.625. The molecule has 4 aliphatic rings. The first-order chi connectivity index (χ1) is 9.98. The van der Waals surface area contributed by atoms with E-state index in [4.69, 9.17) is 14.2 Å². The largest absolute Gasteiger partial charge is 0.466 e. The lowest BCUT2D eigenvalue weighted by molar-refractivity contribution is -0.173. The number of methoxy groups -OCH3 is 1. The van der Waals surface area contributed by atoms with Gasteiger partial charge in [-0.25, -0.2) is 9.59 Å². The molecule has 2 spiro atoms. The van der Waals surface area contributed by atoms with Crippen molar-refractivity contribution in [1.82, 2.24) is 0 Å². The quantitative estimate of drug-likeness (QED) is 0.415. The van der Waals surface area contributed by atoms with E-state index in [1.807, 2.05) is 6.08 Å². The SMILES string of the molecule is COC(=O)C1=C[C@H]2C(C)=C(C)C[C@@]23[C@@H]1COC(=O)[C@@]31CO1. The van der Waals surface area contributed by atoms with Gasteiger partial charge in [0.25, 0.3) is 0 Å². The number of cyclic esters (lactones) is 1. The first-order valence-corrected chi connectivity index (χ1v) is 7.25. The molecular formula is C16H18O5. The standard InChI is InChI=1S/C16H18O5/c1-8-5-15-11(9(8)2)4-10(13(17)19-3)12(15)6-20-14(18)16(15)7-21-16/h4,11-12H,5-7H2,1-3H3/t11-,12+,15-,16-/m0/s1. The van der Waals surface area contributed by atoms with E-state index in [1.165, 1.54) is 18.3 Å². The van der Waals surface area contributed by atoms with E-state index in [0.29, 0.717) is 12.2 Å². The van der Waals surface area contributed by atoms with Crippen LogP contribution in [-0.4, -0.2) is 37.9 Å². The predicted molar refractivity (Wildman–Crippen MR) is 72.1 cm³/mol. The number of carbonyl (C=O) groups excluding carboxylic acids is 2. The van der Waals surface area contributed by atoms with E-state index in [1.54, 1.807) is 0 Å². The summed E-state index contributed by atoms with van der Waals surface area (Å²) in [4.78, 5) is 24.4. The summed E-state index contributed by atoms with van der Waals surface area (Å²) in [5, 5.41) is 0. The van der Waals surface area contributed by atoms with Crippen LogP contribution in [0.4, 0.5) is 0 Å². The Hall–Kier alpha value is -1.62. The molecule has 0 aromatic rings. The zero-order valence-corrected chi connectivity index (χ0v) is 12.4. The molecule has 5 heteroatoms. The van der Waals surface area contributed by atoms with Gasteiger partial charge in [-0.15, -0.1) is 0 Å². The molecule has 0 aromatic heterocycles. The number of carbonyl (C=O) groups is 2. The van der Waals surface area contributed by atoms with Gasteiger partial charge in [0.2, 0.25) is 0 Å². The van der Waals surface area contributed by atoms with Crippen LogP contribution < -0.4 is 0 Å². The second-order valence-electron chi connectivity index (χ2n) is 6.54. The molecule has 4 rings (SSSR count). The Balaban J connectivity index is 1.88. The van der Waals surface area contributed by atoms with Crippen molar-refractivity contribution in [3.8, 4) is 0 Å². The molecule has 4 atom stereocenters. The minimum Gasteiger partial charge on any atom is -0.466 e. The molecule has 0 amide bonds. The average Bonchev–Trinajstić information content (AvgIpc) is 3.15. The number of esters is 2. The molecule has 0 bridgehead atoms. The van der Waals surface area contributed by atoms with Crippen LogP contribution >= 0.6 is 0 Å². The van der Waals surface area contributed by atoms with Crippen LogP contribution in [0, 0.1) is 17.3 Å². The maximum absolute atomic E-state index is 12.3. The van der Waals surface area contributed by atoms with Gasteiger partial charge in [0.15, 0.2) is 5.60 Å². The van der Waals surface area contributed by atoms with Gasteiger partial charge in [0.1, 0.15) is 0 Å². The molecule has 0 radical (unpaired) electrons. The van der Waals surface area contributed by atoms with E-state index >= 15 is 0 Å². The summed E-state index contributed by atoms with van der Waals surface area (Å²) in [6.45, 7) is 4.81. The number of hydrogen-bond acceptors (Lipinski definition) is 5. The first kappa shape index (κ1) is 13.1. The average molecular weight is 290 g/mol. The van der Waals surface area contributed by atoms with Gasteiger partial charge in [-0.05, 0) is 20.3 Å². The van der Waals surface area contributed by atoms with Crippen molar-refractivity contribution in [3.05, 3.63) is 22.8 Å². The second-order valence-corrected chi connectivity index (χ2v) is 6.54. The Morgan fingerprint density at radius 1 is 1.43 bits per heavy atom. The van der Waals surface area contributed by atoms with E-state index in [2.05, 4.69) is 13.8 Å². The normalized spacial score (nSPS) is 43.4. The third kappa shape index (κ3) is 1.27. The Kier molecular flexibility index (Phi) is 2.35. The maximum atomic E-state index is 12.3. The van der Waals surface area contributed by atoms with Gasteiger partial charge in [-0.1, -0.05) is 17.2 Å². The van der Waals surface area contributed by atoms with Gasteiger partial charge in [0.05, 0.1) is 20.3 Å². The topological polar surface area (TPSA) is 65.1 Å². The number of ether oxygens (including phenoxy) is 3. The molecule has 2 fully saturated rings. The van der Waals surface area contributed by atoms with Crippen LogP contribution in [0.5, 0.6) is 0 Å². The lowest BCUT2D eigenvalue weighted by Crippen LogP contribution is -2.56. The first-order valence-electron chi connectivity index (χ1n) is 7.25. The van der Waals surface area contributed by atoms with E-state index in [9.17, 15) is 9.59 Å². The van der Waals surface area contributed by atoms with E-state index in [0.717, 1.165) is 6.42 Å². The van der Waals surface area contributed by atoms with Gasteiger partial charge >= 0.3 is 11.9 Å². The van der Waals surface area contributed by atoms with Crippen molar-refractivity contribution >= 4 is 11.9 Å². The maximum Gasteiger partial charge on any atom is 0.341 e. The van der Waals surface area contributed by atoms with Crippen LogP contribution in [0.25, 0.3) is 0 Å². The molecule has 2 saturated heterocycles. The highest BCUT2D eigenvalue weighted by atomic mass is 16.6. The van der Waals surface area contributed by atoms with Crippen molar-refractivity contribution < 1.29 is 23.8 Å². The van der Waals surface area contributed by atoms with E-state index < -0.39 is 5.60 Å². The van der Waals surface area contributed by atoms with Crippen LogP contribution in [0.2, 0.25) is 0 Å². The van der Waals surface area contributed by atoms with Crippen molar-refractivity contribution in [2.24, 2.45) is 17.3 Å². The lowest BCUT2D eigenvalue weighted by atomic mass is 9.60. The lowest BCUT2D eigenvalue weighted by Gasteiger charge is -2.44. The van der Waals surface area contributed by atoms with E-state index in [-0.39, 0.29) is 35.8 Å². The Morgan fingerprint density at radius 3 is 2.76 bits per heavy atom. The smallest absolute Gasteiger partial charge is 0.341 e. The third-order valence-electron chi connectivity index (χ3n) is 5.91. The molecule has 2 aliphatic heterocycles. The molecular weight excluding hydrogens is 272 g/mol. The molecule has 0 aromatic carbocycles. The molecule has 0 saturated carbocycles. The minimum atomic E-state index is -0.869. The van der Waals surface area contributed by atoms with Crippen LogP contribution in [0.15, 0.2) is 22.8 Å². The summed E-state index contributed by atoms with van der Waals surface area (Å²) in [6, 6.07) is 0. The molecule has 112 valence electrons. The minimum absolute atomic E-state index is 0.0620. The zero-order chi connectivity index (χ0) is 15.0. The zero-order valence-electron chi connectivity index (χ0n) is 12.4. The van der Waals surface area contributed by atoms with Crippen molar-refractivity contribution in [3.63, 3.8) is 0 Å². The number of epoxide rings is 1. The van der Waals surface area contributed by atoms with Crippen LogP contribution in [-0.2, 0) is 23.8 Å². The fourth-order valence-electron chi connectivity index (χ4n) is 4.69. The Morgan fingerprint density at radius 2 is 2.14 bits per heavy atom. The fourth-order valence-corrected chi connectivity index (χ4v) is 4.69. The highest BCUT2D eigenvalue weighted by Gasteiger charge is 2.78. The molecule has 2 heterocycles. The van der Waals surface area contributed by atoms with Gasteiger partial charge in [-0.2, -0.15) is 0 Å². The summed E-state index contributed by atoms with van der Waals surface area (Å²) in [5.74, 6) is -0.673. The second kappa shape index (κ2) is 3.77. The van der Waals surface area contributed by atoms with Gasteiger partial charge < -0.3 is 14.2 Å². The summed E-state index contributed by atoms with van der Waals surface area (Å²) >= 11 is 0. The third-order valence-corrected chi connectivity index (χ3v) is 5.91. The highest BCUT2D eigenvalue weighted by molar-refractivity contribution is 5.93. The van der Waals surface area contributed by atoms with Crippen molar-refractivity contribution in [1.29, 1.82) is 0 Å². The number of hydrogen-bond donors (Lipinski definition) is 0. The molecule has 0 N–H and O–H groups in total. The Bertz CT molecular complexity index is 625. The van der Waals surface area contributed by atoms with Crippen molar-refractivity contribution in [2.45, 2.75) is 25.9 Å². The molecule has 2 aliphatic carbocycles.